The van der Waals surface area contributed by atoms with Crippen LogP contribution in [-0.2, 0) is 17.8 Å². The number of amides is 1. The number of hydrogen-bond donors (Lipinski definition) is 0. The molecule has 4 heterocycles. The van der Waals surface area contributed by atoms with Gasteiger partial charge in [0, 0.05) is 43.5 Å². The van der Waals surface area contributed by atoms with Crippen molar-refractivity contribution in [2.24, 2.45) is 5.92 Å². The summed E-state index contributed by atoms with van der Waals surface area (Å²) in [5.74, 6) is 0.945. The molecule has 31 heavy (non-hydrogen) atoms. The second-order valence-corrected chi connectivity index (χ2v) is 7.79. The summed E-state index contributed by atoms with van der Waals surface area (Å²) in [5, 5.41) is 13.6. The second-order valence-electron chi connectivity index (χ2n) is 7.79. The second kappa shape index (κ2) is 8.17. The molecule has 1 amide bonds. The van der Waals surface area contributed by atoms with E-state index in [0.29, 0.717) is 36.7 Å². The van der Waals surface area contributed by atoms with Gasteiger partial charge in [0.25, 0.3) is 5.56 Å². The number of hydrogen-bond acceptors (Lipinski definition) is 6. The number of para-hydroxylation sites is 1. The number of carbonyl (C=O) groups excluding carboxylic acids is 1. The largest absolute Gasteiger partial charge is 0.356 e. The molecule has 1 aliphatic rings. The van der Waals surface area contributed by atoms with Crippen molar-refractivity contribution in [2.75, 3.05) is 13.1 Å². The molecule has 0 N–H and O–H groups in total. The summed E-state index contributed by atoms with van der Waals surface area (Å²) in [4.78, 5) is 26.9. The molecule has 0 spiro atoms. The third kappa shape index (κ3) is 3.98. The van der Waals surface area contributed by atoms with Crippen molar-refractivity contribution in [1.82, 2.24) is 29.6 Å². The van der Waals surface area contributed by atoms with Crippen molar-refractivity contribution in [3.05, 3.63) is 70.9 Å². The maximum absolute atomic E-state index is 12.8. The highest BCUT2D eigenvalue weighted by molar-refractivity contribution is 5.86. The van der Waals surface area contributed by atoms with Crippen molar-refractivity contribution in [3.63, 3.8) is 0 Å². The number of likely N-dealkylation sites (tertiary alicyclic amines) is 1. The number of aromatic nitrogens is 5. The van der Waals surface area contributed by atoms with Gasteiger partial charge >= 0.3 is 0 Å². The van der Waals surface area contributed by atoms with E-state index in [1.807, 2.05) is 35.2 Å². The molecular weight excluding hydrogens is 396 g/mol. The third-order valence-corrected chi connectivity index (χ3v) is 5.76. The molecule has 0 bridgehead atoms. The first-order valence-corrected chi connectivity index (χ1v) is 10.4. The molecule has 0 saturated carbocycles. The van der Waals surface area contributed by atoms with Crippen LogP contribution in [0.2, 0.25) is 0 Å². The van der Waals surface area contributed by atoms with Crippen LogP contribution in [-0.4, -0.2) is 48.6 Å². The van der Waals surface area contributed by atoms with Gasteiger partial charge in [-0.25, -0.2) is 9.36 Å². The summed E-state index contributed by atoms with van der Waals surface area (Å²) in [6.07, 6.45) is 5.34. The third-order valence-electron chi connectivity index (χ3n) is 5.76. The topological polar surface area (TPSA) is 99.1 Å². The molecule has 0 radical (unpaired) electrons. The Morgan fingerprint density at radius 2 is 1.94 bits per heavy atom. The van der Waals surface area contributed by atoms with E-state index in [9.17, 15) is 9.59 Å². The molecule has 0 unspecified atom stereocenters. The van der Waals surface area contributed by atoms with Crippen LogP contribution >= 0.6 is 0 Å². The predicted octanol–water partition coefficient (Wildman–Crippen LogP) is 2.05. The monoisotopic (exact) mass is 418 g/mol. The van der Waals surface area contributed by atoms with Gasteiger partial charge < -0.3 is 9.42 Å². The first-order chi connectivity index (χ1) is 15.2. The summed E-state index contributed by atoms with van der Waals surface area (Å²) >= 11 is 0. The van der Waals surface area contributed by atoms with Gasteiger partial charge in [0.05, 0.1) is 6.42 Å². The van der Waals surface area contributed by atoms with E-state index in [-0.39, 0.29) is 23.8 Å². The Balaban J connectivity index is 1.20. The molecule has 1 aromatic carbocycles. The smallest absolute Gasteiger partial charge is 0.266 e. The standard InChI is InChI=1S/C22H22N6O3/c29-21-7-6-20(27-11-3-10-23-27)24-28(21)15-16-8-12-26(13-9-16)22(30)14-18-17-4-1-2-5-19(17)31-25-18/h1-7,10-11,16H,8-9,12-15H2. The zero-order chi connectivity index (χ0) is 21.2. The SMILES string of the molecule is O=C(Cc1noc2ccccc12)N1CCC(Cn2nc(-n3cccn3)ccc2=O)CC1. The maximum atomic E-state index is 12.8. The molecule has 1 fully saturated rings. The van der Waals surface area contributed by atoms with Crippen molar-refractivity contribution < 1.29 is 9.32 Å². The van der Waals surface area contributed by atoms with Gasteiger partial charge in [-0.1, -0.05) is 17.3 Å². The van der Waals surface area contributed by atoms with Gasteiger partial charge in [-0.2, -0.15) is 5.10 Å². The lowest BCUT2D eigenvalue weighted by Crippen LogP contribution is -2.41. The molecular formula is C22H22N6O3. The van der Waals surface area contributed by atoms with Gasteiger partial charge in [-0.3, -0.25) is 9.59 Å². The van der Waals surface area contributed by atoms with Crippen LogP contribution in [0.3, 0.4) is 0 Å². The fraction of sp³-hybridized carbons (Fsp3) is 0.318. The Morgan fingerprint density at radius 1 is 1.10 bits per heavy atom. The van der Waals surface area contributed by atoms with E-state index >= 15 is 0 Å². The minimum absolute atomic E-state index is 0.0495. The van der Waals surface area contributed by atoms with Gasteiger partial charge in [-0.05, 0) is 43.0 Å². The van der Waals surface area contributed by atoms with Crippen molar-refractivity contribution in [1.29, 1.82) is 0 Å². The van der Waals surface area contributed by atoms with Crippen LogP contribution < -0.4 is 5.56 Å². The van der Waals surface area contributed by atoms with Gasteiger partial charge in [0.2, 0.25) is 5.91 Å². The Labute approximate surface area is 177 Å². The van der Waals surface area contributed by atoms with Crippen LogP contribution in [0, 0.1) is 5.92 Å². The van der Waals surface area contributed by atoms with E-state index in [1.165, 1.54) is 10.7 Å². The summed E-state index contributed by atoms with van der Waals surface area (Å²) in [6.45, 7) is 1.85. The Morgan fingerprint density at radius 3 is 2.74 bits per heavy atom. The first-order valence-electron chi connectivity index (χ1n) is 10.4. The highest BCUT2D eigenvalue weighted by Gasteiger charge is 2.25. The Hall–Kier alpha value is -3.75. The first kappa shape index (κ1) is 19.2. The number of piperidine rings is 1. The number of carbonyl (C=O) groups is 1. The number of rotatable bonds is 5. The Kier molecular flexibility index (Phi) is 5.07. The average Bonchev–Trinajstić information content (AvgIpc) is 3.47. The molecule has 1 saturated heterocycles. The number of benzene rings is 1. The zero-order valence-corrected chi connectivity index (χ0v) is 16.9. The lowest BCUT2D eigenvalue weighted by molar-refractivity contribution is -0.132. The summed E-state index contributed by atoms with van der Waals surface area (Å²) < 4.78 is 8.43. The Bertz CT molecular complexity index is 1250. The minimum Gasteiger partial charge on any atom is -0.356 e. The van der Waals surface area contributed by atoms with E-state index in [4.69, 9.17) is 4.52 Å². The molecule has 0 atom stereocenters. The molecule has 4 aromatic rings. The summed E-state index contributed by atoms with van der Waals surface area (Å²) in [6, 6.07) is 12.6. The van der Waals surface area contributed by atoms with E-state index < -0.39 is 0 Å². The highest BCUT2D eigenvalue weighted by Crippen LogP contribution is 2.22. The van der Waals surface area contributed by atoms with E-state index in [2.05, 4.69) is 15.4 Å². The molecule has 9 nitrogen and oxygen atoms in total. The van der Waals surface area contributed by atoms with Crippen LogP contribution in [0.1, 0.15) is 18.5 Å². The molecule has 9 heteroatoms. The molecule has 1 aliphatic heterocycles. The van der Waals surface area contributed by atoms with Gasteiger partial charge in [-0.15, -0.1) is 5.10 Å². The van der Waals surface area contributed by atoms with Crippen molar-refractivity contribution in [2.45, 2.75) is 25.8 Å². The van der Waals surface area contributed by atoms with Gasteiger partial charge in [0.15, 0.2) is 11.4 Å². The van der Waals surface area contributed by atoms with Gasteiger partial charge in [0.1, 0.15) is 5.69 Å². The van der Waals surface area contributed by atoms with Crippen molar-refractivity contribution in [3.8, 4) is 5.82 Å². The van der Waals surface area contributed by atoms with Crippen LogP contribution in [0.5, 0.6) is 0 Å². The maximum Gasteiger partial charge on any atom is 0.266 e. The molecule has 158 valence electrons. The molecule has 3 aromatic heterocycles. The lowest BCUT2D eigenvalue weighted by Gasteiger charge is -2.32. The number of fused-ring (bicyclic) bond motifs is 1. The molecule has 0 aliphatic carbocycles. The fourth-order valence-corrected chi connectivity index (χ4v) is 4.03. The summed E-state index contributed by atoms with van der Waals surface area (Å²) in [7, 11) is 0. The fourth-order valence-electron chi connectivity index (χ4n) is 4.03. The zero-order valence-electron chi connectivity index (χ0n) is 16.9. The quantitative estimate of drug-likeness (QED) is 0.492. The van der Waals surface area contributed by atoms with E-state index in [0.717, 1.165) is 18.2 Å². The van der Waals surface area contributed by atoms with Crippen LogP contribution in [0.15, 0.2) is 64.2 Å². The lowest BCUT2D eigenvalue weighted by atomic mass is 9.96. The van der Waals surface area contributed by atoms with Crippen LogP contribution in [0.4, 0.5) is 0 Å². The van der Waals surface area contributed by atoms with E-state index in [1.54, 1.807) is 23.1 Å². The number of nitrogens with zero attached hydrogens (tertiary/aromatic N) is 6. The van der Waals surface area contributed by atoms with Crippen molar-refractivity contribution >= 4 is 16.9 Å². The summed E-state index contributed by atoms with van der Waals surface area (Å²) in [5.41, 5.74) is 1.24. The predicted molar refractivity (Wildman–Crippen MR) is 113 cm³/mol. The highest BCUT2D eigenvalue weighted by atomic mass is 16.5. The average molecular weight is 418 g/mol. The minimum atomic E-state index is -0.132. The molecule has 5 rings (SSSR count). The normalized spacial score (nSPS) is 14.9. The van der Waals surface area contributed by atoms with Crippen LogP contribution in [0.25, 0.3) is 16.8 Å².